The van der Waals surface area contributed by atoms with Crippen LogP contribution in [0.25, 0.3) is 0 Å². The fourth-order valence-electron chi connectivity index (χ4n) is 3.93. The predicted octanol–water partition coefficient (Wildman–Crippen LogP) is 3.51. The number of nitrogens with zero attached hydrogens (tertiary/aromatic N) is 2. The number of carbonyl (C=O) groups is 1. The van der Waals surface area contributed by atoms with Gasteiger partial charge < -0.3 is 19.1 Å². The largest absolute Gasteiger partial charge is 0.497 e. The van der Waals surface area contributed by atoms with E-state index in [0.717, 1.165) is 47.8 Å². The first-order valence-electron chi connectivity index (χ1n) is 9.89. The monoisotopic (exact) mass is 398 g/mol. The molecule has 1 fully saturated rings. The van der Waals surface area contributed by atoms with Crippen molar-refractivity contribution in [2.75, 3.05) is 41.5 Å². The third kappa shape index (κ3) is 4.82. The second kappa shape index (κ2) is 9.65. The summed E-state index contributed by atoms with van der Waals surface area (Å²) >= 11 is 0. The van der Waals surface area contributed by atoms with Gasteiger partial charge in [0.15, 0.2) is 0 Å². The molecule has 6 heteroatoms. The van der Waals surface area contributed by atoms with E-state index in [0.29, 0.717) is 13.1 Å². The van der Waals surface area contributed by atoms with Crippen LogP contribution in [0, 0.1) is 0 Å². The van der Waals surface area contributed by atoms with E-state index in [-0.39, 0.29) is 11.9 Å². The normalized spacial score (nSPS) is 16.5. The van der Waals surface area contributed by atoms with Crippen LogP contribution in [0.1, 0.15) is 30.0 Å². The number of methoxy groups -OCH3 is 3. The van der Waals surface area contributed by atoms with E-state index < -0.39 is 0 Å². The maximum Gasteiger partial charge on any atom is 0.236 e. The van der Waals surface area contributed by atoms with Crippen LogP contribution in [0.5, 0.6) is 17.2 Å². The molecule has 0 saturated carbocycles. The minimum atomic E-state index is 0.0929. The quantitative estimate of drug-likeness (QED) is 0.681. The molecule has 2 aromatic rings. The highest BCUT2D eigenvalue weighted by molar-refractivity contribution is 5.78. The number of likely N-dealkylation sites (tertiary alicyclic amines) is 1. The molecule has 1 heterocycles. The van der Waals surface area contributed by atoms with Crippen molar-refractivity contribution in [2.24, 2.45) is 0 Å². The summed E-state index contributed by atoms with van der Waals surface area (Å²) in [6.45, 7) is 1.80. The summed E-state index contributed by atoms with van der Waals surface area (Å²) in [5, 5.41) is 0. The second-order valence-electron chi connectivity index (χ2n) is 7.30. The highest BCUT2D eigenvalue weighted by Crippen LogP contribution is 2.38. The van der Waals surface area contributed by atoms with Crippen LogP contribution in [0.15, 0.2) is 42.5 Å². The molecular weight excluding hydrogens is 368 g/mol. The van der Waals surface area contributed by atoms with Gasteiger partial charge in [0.2, 0.25) is 5.91 Å². The second-order valence-corrected chi connectivity index (χ2v) is 7.30. The van der Waals surface area contributed by atoms with Crippen LogP contribution in [-0.4, -0.2) is 57.2 Å². The molecule has 156 valence electrons. The topological polar surface area (TPSA) is 51.2 Å². The molecule has 1 atom stereocenters. The van der Waals surface area contributed by atoms with Crippen LogP contribution in [0.3, 0.4) is 0 Å². The molecule has 1 amide bonds. The Balaban J connectivity index is 1.69. The summed E-state index contributed by atoms with van der Waals surface area (Å²) in [4.78, 5) is 16.9. The van der Waals surface area contributed by atoms with Crippen molar-refractivity contribution in [3.63, 3.8) is 0 Å². The van der Waals surface area contributed by atoms with Gasteiger partial charge in [0.25, 0.3) is 0 Å². The SMILES string of the molecule is COc1ccc(C2CCCN2CC(=O)N(C)Cc2ccccc2OC)c(OC)c1. The van der Waals surface area contributed by atoms with Gasteiger partial charge in [-0.1, -0.05) is 24.3 Å². The summed E-state index contributed by atoms with van der Waals surface area (Å²) in [6, 6.07) is 13.9. The van der Waals surface area contributed by atoms with E-state index >= 15 is 0 Å². The van der Waals surface area contributed by atoms with Crippen molar-refractivity contribution >= 4 is 5.91 Å². The minimum Gasteiger partial charge on any atom is -0.497 e. The summed E-state index contributed by atoms with van der Waals surface area (Å²) < 4.78 is 16.3. The van der Waals surface area contributed by atoms with Gasteiger partial charge in [-0.25, -0.2) is 0 Å². The van der Waals surface area contributed by atoms with Crippen LogP contribution in [-0.2, 0) is 11.3 Å². The molecule has 0 aromatic heterocycles. The first kappa shape index (κ1) is 21.0. The molecule has 1 saturated heterocycles. The van der Waals surface area contributed by atoms with Gasteiger partial charge in [-0.3, -0.25) is 9.69 Å². The van der Waals surface area contributed by atoms with Crippen LogP contribution in [0.2, 0.25) is 0 Å². The average molecular weight is 399 g/mol. The third-order valence-corrected chi connectivity index (χ3v) is 5.53. The highest BCUT2D eigenvalue weighted by atomic mass is 16.5. The van der Waals surface area contributed by atoms with Crippen molar-refractivity contribution in [2.45, 2.75) is 25.4 Å². The Kier molecular flexibility index (Phi) is 6.99. The lowest BCUT2D eigenvalue weighted by atomic mass is 10.0. The number of rotatable bonds is 8. The van der Waals surface area contributed by atoms with Gasteiger partial charge in [0.05, 0.1) is 27.9 Å². The van der Waals surface area contributed by atoms with Crippen molar-refractivity contribution < 1.29 is 19.0 Å². The predicted molar refractivity (Wildman–Crippen MR) is 113 cm³/mol. The summed E-state index contributed by atoms with van der Waals surface area (Å²) in [5.74, 6) is 2.46. The number of amides is 1. The number of likely N-dealkylation sites (N-methyl/N-ethyl adjacent to an activating group) is 1. The number of carbonyl (C=O) groups excluding carboxylic acids is 1. The molecule has 3 rings (SSSR count). The zero-order valence-corrected chi connectivity index (χ0v) is 17.7. The standard InChI is InChI=1S/C23H30N2O4/c1-24(15-17-8-5-6-10-21(17)28-3)23(26)16-25-13-7-9-20(25)19-12-11-18(27-2)14-22(19)29-4/h5-6,8,10-12,14,20H,7,9,13,15-16H2,1-4H3. The van der Waals surface area contributed by atoms with E-state index in [1.54, 1.807) is 26.2 Å². The first-order chi connectivity index (χ1) is 14.1. The lowest BCUT2D eigenvalue weighted by Crippen LogP contribution is -2.38. The Morgan fingerprint density at radius 1 is 1.07 bits per heavy atom. The van der Waals surface area contributed by atoms with Crippen molar-refractivity contribution in [3.8, 4) is 17.2 Å². The van der Waals surface area contributed by atoms with Gasteiger partial charge in [-0.2, -0.15) is 0 Å². The van der Waals surface area contributed by atoms with E-state index in [1.165, 1.54) is 0 Å². The van der Waals surface area contributed by atoms with E-state index in [4.69, 9.17) is 14.2 Å². The van der Waals surface area contributed by atoms with Gasteiger partial charge in [-0.15, -0.1) is 0 Å². The summed E-state index contributed by atoms with van der Waals surface area (Å²) in [7, 11) is 6.81. The Hall–Kier alpha value is -2.73. The van der Waals surface area contributed by atoms with Gasteiger partial charge in [-0.05, 0) is 31.5 Å². The molecule has 0 bridgehead atoms. The smallest absolute Gasteiger partial charge is 0.236 e. The molecule has 29 heavy (non-hydrogen) atoms. The molecule has 0 aliphatic carbocycles. The summed E-state index contributed by atoms with van der Waals surface area (Å²) in [5.41, 5.74) is 2.10. The average Bonchev–Trinajstić information content (AvgIpc) is 3.21. The molecule has 6 nitrogen and oxygen atoms in total. The lowest BCUT2D eigenvalue weighted by Gasteiger charge is -2.28. The minimum absolute atomic E-state index is 0.0929. The van der Waals surface area contributed by atoms with Gasteiger partial charge in [0, 0.05) is 36.8 Å². The maximum atomic E-state index is 12.9. The molecule has 1 unspecified atom stereocenters. The lowest BCUT2D eigenvalue weighted by molar-refractivity contribution is -0.131. The van der Waals surface area contributed by atoms with Gasteiger partial charge >= 0.3 is 0 Å². The number of benzene rings is 2. The van der Waals surface area contributed by atoms with Gasteiger partial charge in [0.1, 0.15) is 17.2 Å². The Morgan fingerprint density at radius 3 is 2.55 bits per heavy atom. The van der Waals surface area contributed by atoms with Crippen LogP contribution < -0.4 is 14.2 Å². The van der Waals surface area contributed by atoms with Crippen molar-refractivity contribution in [1.82, 2.24) is 9.80 Å². The number of hydrogen-bond donors (Lipinski definition) is 0. The first-order valence-corrected chi connectivity index (χ1v) is 9.89. The zero-order valence-electron chi connectivity index (χ0n) is 17.7. The molecule has 2 aromatic carbocycles. The van der Waals surface area contributed by atoms with Crippen molar-refractivity contribution in [1.29, 1.82) is 0 Å². The van der Waals surface area contributed by atoms with Crippen molar-refractivity contribution in [3.05, 3.63) is 53.6 Å². The maximum absolute atomic E-state index is 12.9. The molecule has 0 N–H and O–H groups in total. The fourth-order valence-corrected chi connectivity index (χ4v) is 3.93. The van der Waals surface area contributed by atoms with Crippen LogP contribution in [0.4, 0.5) is 0 Å². The van der Waals surface area contributed by atoms with E-state index in [1.807, 2.05) is 49.5 Å². The number of para-hydroxylation sites is 1. The molecule has 1 aliphatic rings. The van der Waals surface area contributed by atoms with E-state index in [2.05, 4.69) is 4.90 Å². The highest BCUT2D eigenvalue weighted by Gasteiger charge is 2.30. The van der Waals surface area contributed by atoms with Crippen LogP contribution >= 0.6 is 0 Å². The molecule has 0 spiro atoms. The Labute approximate surface area is 173 Å². The Morgan fingerprint density at radius 2 is 1.83 bits per heavy atom. The number of hydrogen-bond acceptors (Lipinski definition) is 5. The van der Waals surface area contributed by atoms with E-state index in [9.17, 15) is 4.79 Å². The molecule has 1 aliphatic heterocycles. The molecule has 0 radical (unpaired) electrons. The zero-order chi connectivity index (χ0) is 20.8. The fraction of sp³-hybridized carbons (Fsp3) is 0.435. The third-order valence-electron chi connectivity index (χ3n) is 5.53. The summed E-state index contributed by atoms with van der Waals surface area (Å²) in [6.07, 6.45) is 2.07. The number of ether oxygens (including phenoxy) is 3. The Bertz CT molecular complexity index is 839. The molecular formula is C23H30N2O4.